The monoisotopic (exact) mass is 325 g/mol. The maximum Gasteiger partial charge on any atom is 0.256 e. The first kappa shape index (κ1) is 15.7. The second kappa shape index (κ2) is 6.95. The summed E-state index contributed by atoms with van der Waals surface area (Å²) in [6, 6.07) is 14.8. The Morgan fingerprint density at radius 3 is 2.75 bits per heavy atom. The molecule has 0 saturated heterocycles. The lowest BCUT2D eigenvalue weighted by molar-refractivity contribution is 0.102. The van der Waals surface area contributed by atoms with Crippen molar-refractivity contribution in [1.29, 1.82) is 0 Å². The van der Waals surface area contributed by atoms with Crippen molar-refractivity contribution in [3.63, 3.8) is 0 Å². The van der Waals surface area contributed by atoms with Crippen molar-refractivity contribution in [2.75, 3.05) is 12.4 Å². The average molecular weight is 325 g/mol. The van der Waals surface area contributed by atoms with Crippen LogP contribution >= 0.6 is 0 Å². The Labute approximate surface area is 138 Å². The van der Waals surface area contributed by atoms with E-state index in [0.29, 0.717) is 23.7 Å². The summed E-state index contributed by atoms with van der Waals surface area (Å²) >= 11 is 0. The molecule has 2 aromatic carbocycles. The van der Waals surface area contributed by atoms with Crippen LogP contribution in [0.2, 0.25) is 0 Å². The summed E-state index contributed by atoms with van der Waals surface area (Å²) in [6.45, 7) is 0.495. The number of methoxy groups -OCH3 is 1. The molecule has 0 atom stereocenters. The smallest absolute Gasteiger partial charge is 0.256 e. The molecule has 3 rings (SSSR count). The molecular weight excluding hydrogens is 309 g/mol. The molecule has 0 spiro atoms. The van der Waals surface area contributed by atoms with Gasteiger partial charge in [-0.15, -0.1) is 0 Å². The number of hydrogen-bond donors (Lipinski definition) is 1. The SMILES string of the molecule is COc1cccc(C(=O)Nc2ccn(Cc3ccc(F)cc3)n2)c1. The number of halogens is 1. The number of aromatic nitrogens is 2. The van der Waals surface area contributed by atoms with Crippen molar-refractivity contribution in [1.82, 2.24) is 9.78 Å². The summed E-state index contributed by atoms with van der Waals surface area (Å²) in [5, 5.41) is 7.03. The average Bonchev–Trinajstić information content (AvgIpc) is 3.04. The van der Waals surface area contributed by atoms with Gasteiger partial charge in [-0.05, 0) is 35.9 Å². The number of nitrogens with one attached hydrogen (secondary N) is 1. The van der Waals surface area contributed by atoms with Crippen molar-refractivity contribution in [3.8, 4) is 5.75 Å². The van der Waals surface area contributed by atoms with Crippen LogP contribution in [0.5, 0.6) is 5.75 Å². The van der Waals surface area contributed by atoms with E-state index in [2.05, 4.69) is 10.4 Å². The van der Waals surface area contributed by atoms with Crippen LogP contribution in [0.3, 0.4) is 0 Å². The number of hydrogen-bond acceptors (Lipinski definition) is 3. The Hall–Kier alpha value is -3.15. The minimum Gasteiger partial charge on any atom is -0.497 e. The largest absolute Gasteiger partial charge is 0.497 e. The summed E-state index contributed by atoms with van der Waals surface area (Å²) < 4.78 is 19.7. The highest BCUT2D eigenvalue weighted by Gasteiger charge is 2.09. The molecule has 0 aliphatic carbocycles. The first-order chi connectivity index (χ1) is 11.6. The molecule has 1 amide bonds. The Balaban J connectivity index is 1.67. The fourth-order valence-electron chi connectivity index (χ4n) is 2.25. The minimum atomic E-state index is -0.273. The Morgan fingerprint density at radius 2 is 2.00 bits per heavy atom. The summed E-state index contributed by atoms with van der Waals surface area (Å²) in [4.78, 5) is 12.2. The topological polar surface area (TPSA) is 56.1 Å². The standard InChI is InChI=1S/C18H16FN3O2/c1-24-16-4-2-3-14(11-16)18(23)20-17-9-10-22(21-17)12-13-5-7-15(19)8-6-13/h2-11H,12H2,1H3,(H,20,21,23). The van der Waals surface area contributed by atoms with E-state index < -0.39 is 0 Å². The molecular formula is C18H16FN3O2. The van der Waals surface area contributed by atoms with E-state index in [4.69, 9.17) is 4.74 Å². The first-order valence-electron chi connectivity index (χ1n) is 7.37. The van der Waals surface area contributed by atoms with Crippen LogP contribution in [0.15, 0.2) is 60.8 Å². The Kier molecular flexibility index (Phi) is 4.56. The van der Waals surface area contributed by atoms with E-state index in [9.17, 15) is 9.18 Å². The van der Waals surface area contributed by atoms with Gasteiger partial charge in [-0.2, -0.15) is 5.10 Å². The number of rotatable bonds is 5. The van der Waals surface area contributed by atoms with Gasteiger partial charge in [0.15, 0.2) is 5.82 Å². The van der Waals surface area contributed by atoms with Crippen LogP contribution in [0.1, 0.15) is 15.9 Å². The van der Waals surface area contributed by atoms with Gasteiger partial charge in [0.05, 0.1) is 13.7 Å². The van der Waals surface area contributed by atoms with Gasteiger partial charge in [0.1, 0.15) is 11.6 Å². The Bertz CT molecular complexity index is 843. The third-order valence-corrected chi connectivity index (χ3v) is 3.47. The normalized spacial score (nSPS) is 10.4. The van der Waals surface area contributed by atoms with E-state index in [1.165, 1.54) is 12.1 Å². The highest BCUT2D eigenvalue weighted by molar-refractivity contribution is 6.03. The molecule has 0 bridgehead atoms. The van der Waals surface area contributed by atoms with Crippen molar-refractivity contribution in [3.05, 3.63) is 77.7 Å². The molecule has 5 nitrogen and oxygen atoms in total. The van der Waals surface area contributed by atoms with Crippen molar-refractivity contribution in [2.24, 2.45) is 0 Å². The highest BCUT2D eigenvalue weighted by atomic mass is 19.1. The second-order valence-corrected chi connectivity index (χ2v) is 5.21. The van der Waals surface area contributed by atoms with Gasteiger partial charge in [0.25, 0.3) is 5.91 Å². The molecule has 0 fully saturated rings. The van der Waals surface area contributed by atoms with Gasteiger partial charge in [-0.3, -0.25) is 9.48 Å². The number of amides is 1. The van der Waals surface area contributed by atoms with Crippen molar-refractivity contribution in [2.45, 2.75) is 6.54 Å². The number of ether oxygens (including phenoxy) is 1. The fraction of sp³-hybridized carbons (Fsp3) is 0.111. The lowest BCUT2D eigenvalue weighted by atomic mass is 10.2. The van der Waals surface area contributed by atoms with E-state index in [0.717, 1.165) is 5.56 Å². The highest BCUT2D eigenvalue weighted by Crippen LogP contribution is 2.14. The Morgan fingerprint density at radius 1 is 1.21 bits per heavy atom. The number of carbonyl (C=O) groups is 1. The molecule has 122 valence electrons. The van der Waals surface area contributed by atoms with Crippen LogP contribution in [-0.2, 0) is 6.54 Å². The summed E-state index contributed by atoms with van der Waals surface area (Å²) in [5.41, 5.74) is 1.41. The van der Waals surface area contributed by atoms with Gasteiger partial charge in [-0.1, -0.05) is 18.2 Å². The van der Waals surface area contributed by atoms with Gasteiger partial charge in [0.2, 0.25) is 0 Å². The van der Waals surface area contributed by atoms with Gasteiger partial charge in [-0.25, -0.2) is 4.39 Å². The molecule has 6 heteroatoms. The number of carbonyl (C=O) groups excluding carboxylic acids is 1. The van der Waals surface area contributed by atoms with Crippen LogP contribution in [-0.4, -0.2) is 22.8 Å². The summed E-state index contributed by atoms with van der Waals surface area (Å²) in [7, 11) is 1.55. The minimum absolute atomic E-state index is 0.263. The first-order valence-corrected chi connectivity index (χ1v) is 7.37. The second-order valence-electron chi connectivity index (χ2n) is 5.21. The van der Waals surface area contributed by atoms with Crippen LogP contribution < -0.4 is 10.1 Å². The van der Waals surface area contributed by atoms with E-state index in [1.807, 2.05) is 0 Å². The van der Waals surface area contributed by atoms with Crippen molar-refractivity contribution < 1.29 is 13.9 Å². The quantitative estimate of drug-likeness (QED) is 0.783. The molecule has 24 heavy (non-hydrogen) atoms. The molecule has 0 aliphatic rings. The molecule has 1 heterocycles. The van der Waals surface area contributed by atoms with Gasteiger partial charge >= 0.3 is 0 Å². The molecule has 3 aromatic rings. The predicted molar refractivity (Wildman–Crippen MR) is 88.7 cm³/mol. The molecule has 1 aromatic heterocycles. The zero-order valence-corrected chi connectivity index (χ0v) is 13.1. The molecule has 0 saturated carbocycles. The van der Waals surface area contributed by atoms with Crippen LogP contribution in [0.25, 0.3) is 0 Å². The lowest BCUT2D eigenvalue weighted by Gasteiger charge is -2.05. The maximum atomic E-state index is 12.9. The maximum absolute atomic E-state index is 12.9. The number of nitrogens with zero attached hydrogens (tertiary/aromatic N) is 2. The third-order valence-electron chi connectivity index (χ3n) is 3.47. The van der Waals surface area contributed by atoms with Crippen LogP contribution in [0.4, 0.5) is 10.2 Å². The molecule has 0 radical (unpaired) electrons. The van der Waals surface area contributed by atoms with E-state index in [-0.39, 0.29) is 11.7 Å². The molecule has 0 aliphatic heterocycles. The van der Waals surface area contributed by atoms with Crippen LogP contribution in [0, 0.1) is 5.82 Å². The van der Waals surface area contributed by atoms with Gasteiger partial charge < -0.3 is 10.1 Å². The summed E-state index contributed by atoms with van der Waals surface area (Å²) in [6.07, 6.45) is 1.75. The molecule has 1 N–H and O–H groups in total. The van der Waals surface area contributed by atoms with Gasteiger partial charge in [0, 0.05) is 17.8 Å². The number of anilines is 1. The predicted octanol–water partition coefficient (Wildman–Crippen LogP) is 3.33. The van der Waals surface area contributed by atoms with E-state index >= 15 is 0 Å². The zero-order valence-electron chi connectivity index (χ0n) is 13.1. The van der Waals surface area contributed by atoms with Crippen molar-refractivity contribution >= 4 is 11.7 Å². The van der Waals surface area contributed by atoms with E-state index in [1.54, 1.807) is 60.5 Å². The fourth-order valence-corrected chi connectivity index (χ4v) is 2.25. The molecule has 0 unspecified atom stereocenters. The summed E-state index contributed by atoms with van der Waals surface area (Å²) in [5.74, 6) is 0.529. The lowest BCUT2D eigenvalue weighted by Crippen LogP contribution is -2.13. The third kappa shape index (κ3) is 3.78. The number of benzene rings is 2. The zero-order chi connectivity index (χ0) is 16.9.